The minimum Gasteiger partial charge on any atom is -0.323 e. The second-order valence-corrected chi connectivity index (χ2v) is 12.4. The molecule has 0 aliphatic rings. The van der Waals surface area contributed by atoms with E-state index in [2.05, 4.69) is 16.0 Å². The van der Waals surface area contributed by atoms with Gasteiger partial charge in [-0.3, -0.25) is 14.4 Å². The second-order valence-electron chi connectivity index (χ2n) is 9.39. The van der Waals surface area contributed by atoms with Crippen LogP contribution >= 0.6 is 46.3 Å². The Morgan fingerprint density at radius 3 is 2.16 bits per heavy atom. The number of halogens is 2. The molecule has 1 heterocycles. The van der Waals surface area contributed by atoms with Crippen LogP contribution < -0.4 is 16.0 Å². The van der Waals surface area contributed by atoms with E-state index in [4.69, 9.17) is 23.2 Å². The molecule has 44 heavy (non-hydrogen) atoms. The first-order valence-electron chi connectivity index (χ1n) is 13.4. The van der Waals surface area contributed by atoms with Crippen LogP contribution in [0.4, 0.5) is 11.4 Å². The van der Waals surface area contributed by atoms with Gasteiger partial charge in [-0.25, -0.2) is 0 Å². The Morgan fingerprint density at radius 2 is 1.48 bits per heavy atom. The van der Waals surface area contributed by atoms with Crippen molar-refractivity contribution < 1.29 is 14.4 Å². The van der Waals surface area contributed by atoms with Gasteiger partial charge in [-0.1, -0.05) is 77.8 Å². The Kier molecular flexibility index (Phi) is 10.5. The minimum atomic E-state index is -0.597. The Morgan fingerprint density at radius 1 is 0.773 bits per heavy atom. The molecule has 0 radical (unpaired) electrons. The second kappa shape index (κ2) is 14.9. The summed E-state index contributed by atoms with van der Waals surface area (Å²) in [5.74, 6) is -1.12. The molecule has 220 valence electrons. The number of hydrogen-bond acceptors (Lipinski definition) is 5. The summed E-state index contributed by atoms with van der Waals surface area (Å²) >= 11 is 15.2. The first kappa shape index (κ1) is 31.1. The van der Waals surface area contributed by atoms with Crippen molar-refractivity contribution in [1.29, 1.82) is 0 Å². The van der Waals surface area contributed by atoms with E-state index in [0.717, 1.165) is 15.3 Å². The molecule has 10 heteroatoms. The van der Waals surface area contributed by atoms with Crippen LogP contribution in [0.5, 0.6) is 0 Å². The number of hydrogen-bond donors (Lipinski definition) is 3. The molecule has 5 rings (SSSR count). The van der Waals surface area contributed by atoms with E-state index in [1.54, 1.807) is 60.7 Å². The predicted molar refractivity (Wildman–Crippen MR) is 181 cm³/mol. The quantitative estimate of drug-likeness (QED) is 0.103. The van der Waals surface area contributed by atoms with Crippen molar-refractivity contribution in [2.45, 2.75) is 10.1 Å². The van der Waals surface area contributed by atoms with Crippen LogP contribution in [0.15, 0.2) is 131 Å². The Balaban J connectivity index is 1.31. The highest BCUT2D eigenvalue weighted by Crippen LogP contribution is 2.37. The van der Waals surface area contributed by atoms with Crippen molar-refractivity contribution in [1.82, 2.24) is 5.32 Å². The maximum Gasteiger partial charge on any atom is 0.272 e. The van der Waals surface area contributed by atoms with E-state index in [1.165, 1.54) is 23.1 Å². The largest absolute Gasteiger partial charge is 0.323 e. The number of rotatable bonds is 10. The number of thioether (sulfide) groups is 1. The van der Waals surface area contributed by atoms with E-state index >= 15 is 0 Å². The zero-order valence-corrected chi connectivity index (χ0v) is 26.1. The van der Waals surface area contributed by atoms with Gasteiger partial charge in [0, 0.05) is 26.0 Å². The van der Waals surface area contributed by atoms with Gasteiger partial charge in [0.05, 0.1) is 10.7 Å². The van der Waals surface area contributed by atoms with Crippen LogP contribution in [0.25, 0.3) is 6.08 Å². The van der Waals surface area contributed by atoms with Gasteiger partial charge in [0.2, 0.25) is 5.91 Å². The summed E-state index contributed by atoms with van der Waals surface area (Å²) in [6, 6.07) is 33.9. The van der Waals surface area contributed by atoms with Crippen molar-refractivity contribution in [2.75, 3.05) is 10.6 Å². The van der Waals surface area contributed by atoms with Crippen LogP contribution in [-0.4, -0.2) is 17.7 Å². The van der Waals surface area contributed by atoms with Gasteiger partial charge in [-0.2, -0.15) is 0 Å². The smallest absolute Gasteiger partial charge is 0.272 e. The molecule has 0 aliphatic carbocycles. The molecule has 0 spiro atoms. The van der Waals surface area contributed by atoms with Crippen LogP contribution in [-0.2, 0) is 9.59 Å². The molecule has 3 amide bonds. The average molecular weight is 659 g/mol. The third-order valence-electron chi connectivity index (χ3n) is 6.25. The van der Waals surface area contributed by atoms with Gasteiger partial charge in [-0.15, -0.1) is 23.1 Å². The number of anilines is 2. The third kappa shape index (κ3) is 8.39. The van der Waals surface area contributed by atoms with Crippen LogP contribution in [0.2, 0.25) is 10.0 Å². The molecule has 1 aromatic heterocycles. The summed E-state index contributed by atoms with van der Waals surface area (Å²) in [5.41, 5.74) is 2.31. The molecule has 0 fully saturated rings. The van der Waals surface area contributed by atoms with Gasteiger partial charge in [0.15, 0.2) is 0 Å². The molecule has 0 bridgehead atoms. The third-order valence-corrected chi connectivity index (χ3v) is 8.90. The fraction of sp³-hybridized carbons (Fsp3) is 0.0294. The fourth-order valence-corrected chi connectivity index (χ4v) is 6.12. The SMILES string of the molecule is O=C(Nc1ccc(SC(C(=O)Nc2cc(Cl)ccc2Cl)c2ccccc2)cc1)/C(=C/c1cccs1)NC(=O)c1ccccc1. The van der Waals surface area contributed by atoms with Crippen LogP contribution in [0.3, 0.4) is 0 Å². The zero-order valence-electron chi connectivity index (χ0n) is 23.0. The highest BCUT2D eigenvalue weighted by Gasteiger charge is 2.23. The highest BCUT2D eigenvalue weighted by molar-refractivity contribution is 8.00. The van der Waals surface area contributed by atoms with E-state index in [0.29, 0.717) is 27.0 Å². The van der Waals surface area contributed by atoms with Crippen molar-refractivity contribution in [3.63, 3.8) is 0 Å². The molecule has 6 nitrogen and oxygen atoms in total. The van der Waals surface area contributed by atoms with Gasteiger partial charge < -0.3 is 16.0 Å². The Bertz CT molecular complexity index is 1780. The van der Waals surface area contributed by atoms with E-state index in [-0.39, 0.29) is 17.5 Å². The maximum absolute atomic E-state index is 13.5. The summed E-state index contributed by atoms with van der Waals surface area (Å²) in [6.07, 6.45) is 1.64. The highest BCUT2D eigenvalue weighted by atomic mass is 35.5. The van der Waals surface area contributed by atoms with Crippen LogP contribution in [0, 0.1) is 0 Å². The number of carbonyl (C=O) groups excluding carboxylic acids is 3. The predicted octanol–water partition coefficient (Wildman–Crippen LogP) is 8.94. The Hall–Kier alpha value is -4.34. The lowest BCUT2D eigenvalue weighted by molar-refractivity contribution is -0.116. The normalized spacial score (nSPS) is 11.8. The topological polar surface area (TPSA) is 87.3 Å². The summed E-state index contributed by atoms with van der Waals surface area (Å²) < 4.78 is 0. The molecule has 4 aromatic carbocycles. The Labute approximate surface area is 273 Å². The van der Waals surface area contributed by atoms with Gasteiger partial charge in [0.1, 0.15) is 10.9 Å². The van der Waals surface area contributed by atoms with Gasteiger partial charge >= 0.3 is 0 Å². The van der Waals surface area contributed by atoms with E-state index in [9.17, 15) is 14.4 Å². The van der Waals surface area contributed by atoms with Gasteiger partial charge in [0.25, 0.3) is 11.8 Å². The summed E-state index contributed by atoms with van der Waals surface area (Å²) in [6.45, 7) is 0. The number of thiophene rings is 1. The molecule has 0 aliphatic heterocycles. The fourth-order valence-electron chi connectivity index (χ4n) is 4.10. The first-order valence-corrected chi connectivity index (χ1v) is 15.9. The standard InChI is InChI=1S/C34H25Cl2N3O3S2/c35-24-13-18-28(36)29(20-24)38-34(42)31(22-8-3-1-4-9-22)44-26-16-14-25(15-17-26)37-33(41)30(21-27-12-7-19-43-27)39-32(40)23-10-5-2-6-11-23/h1-21,31H,(H,37,41)(H,38,42)(H,39,40)/b30-21-. The monoisotopic (exact) mass is 657 g/mol. The van der Waals surface area contributed by atoms with Crippen molar-refractivity contribution in [2.24, 2.45) is 0 Å². The molecule has 0 saturated heterocycles. The lowest BCUT2D eigenvalue weighted by Crippen LogP contribution is -2.30. The lowest BCUT2D eigenvalue weighted by Gasteiger charge is -2.18. The molecular formula is C34H25Cl2N3O3S2. The molecule has 5 aromatic rings. The molecule has 0 saturated carbocycles. The van der Waals surface area contributed by atoms with Crippen molar-refractivity contribution in [3.05, 3.63) is 152 Å². The molecular weight excluding hydrogens is 633 g/mol. The van der Waals surface area contributed by atoms with Gasteiger partial charge in [-0.05, 0) is 77.7 Å². The molecule has 1 unspecified atom stereocenters. The zero-order chi connectivity index (χ0) is 30.9. The number of amides is 3. The summed E-state index contributed by atoms with van der Waals surface area (Å²) in [4.78, 5) is 41.2. The minimum absolute atomic E-state index is 0.111. The van der Waals surface area contributed by atoms with E-state index < -0.39 is 11.2 Å². The van der Waals surface area contributed by atoms with Crippen molar-refractivity contribution >= 4 is 81.5 Å². The number of carbonyl (C=O) groups is 3. The lowest BCUT2D eigenvalue weighted by atomic mass is 10.1. The van der Waals surface area contributed by atoms with Crippen molar-refractivity contribution in [3.8, 4) is 0 Å². The van der Waals surface area contributed by atoms with E-state index in [1.807, 2.05) is 66.0 Å². The summed E-state index contributed by atoms with van der Waals surface area (Å²) in [7, 11) is 0. The molecule has 3 N–H and O–H groups in total. The maximum atomic E-state index is 13.5. The first-order chi connectivity index (χ1) is 21.4. The number of benzene rings is 4. The number of nitrogens with one attached hydrogen (secondary N) is 3. The molecule has 1 atom stereocenters. The summed E-state index contributed by atoms with van der Waals surface area (Å²) in [5, 5.41) is 10.6. The average Bonchev–Trinajstić information content (AvgIpc) is 3.56. The van der Waals surface area contributed by atoms with Crippen LogP contribution in [0.1, 0.15) is 26.0 Å².